The lowest BCUT2D eigenvalue weighted by molar-refractivity contribution is -0.139. The first-order chi connectivity index (χ1) is 23.9. The maximum absolute atomic E-state index is 14.6. The van der Waals surface area contributed by atoms with Gasteiger partial charge in [-0.2, -0.15) is 0 Å². The van der Waals surface area contributed by atoms with Crippen molar-refractivity contribution in [3.05, 3.63) is 133 Å². The van der Waals surface area contributed by atoms with Gasteiger partial charge in [-0.3, -0.25) is 9.36 Å². The summed E-state index contributed by atoms with van der Waals surface area (Å²) in [6.07, 6.45) is 3.95. The number of hydrogen-bond donors (Lipinski definition) is 0. The van der Waals surface area contributed by atoms with Crippen molar-refractivity contribution in [1.29, 1.82) is 0 Å². The van der Waals surface area contributed by atoms with Crippen LogP contribution in [0.15, 0.2) is 112 Å². The third-order valence-electron chi connectivity index (χ3n) is 8.69. The third-order valence-corrected chi connectivity index (χ3v) is 9.67. The fourth-order valence-electron chi connectivity index (χ4n) is 6.45. The average Bonchev–Trinajstić information content (AvgIpc) is 3.63. The largest absolute Gasteiger partial charge is 0.497 e. The molecule has 1 aliphatic rings. The Kier molecular flexibility index (Phi) is 8.79. The lowest BCUT2D eigenvalue weighted by Gasteiger charge is -2.27. The Hall–Kier alpha value is -5.61. The maximum atomic E-state index is 14.6. The minimum Gasteiger partial charge on any atom is -0.497 e. The molecule has 3 heterocycles. The van der Waals surface area contributed by atoms with Crippen molar-refractivity contribution in [1.82, 2.24) is 9.13 Å². The van der Waals surface area contributed by atoms with Crippen LogP contribution in [0.5, 0.6) is 17.2 Å². The summed E-state index contributed by atoms with van der Waals surface area (Å²) in [5, 5.41) is 2.70. The molecule has 2 aromatic heterocycles. The molecule has 0 aliphatic carbocycles. The minimum absolute atomic E-state index is 0.174. The minimum atomic E-state index is -0.861. The van der Waals surface area contributed by atoms with Crippen molar-refractivity contribution in [2.75, 3.05) is 27.4 Å². The normalized spacial score (nSPS) is 14.5. The van der Waals surface area contributed by atoms with Gasteiger partial charge in [-0.15, -0.1) is 0 Å². The average molecular weight is 674 g/mol. The Bertz CT molecular complexity index is 2420. The Balaban J connectivity index is 1.39. The second kappa shape index (κ2) is 13.5. The van der Waals surface area contributed by atoms with Gasteiger partial charge < -0.3 is 23.5 Å². The van der Waals surface area contributed by atoms with Crippen LogP contribution >= 0.6 is 11.3 Å². The van der Waals surface area contributed by atoms with E-state index in [1.165, 1.54) is 11.3 Å². The highest BCUT2D eigenvalue weighted by Crippen LogP contribution is 2.41. The van der Waals surface area contributed by atoms with Crippen LogP contribution in [-0.2, 0) is 16.1 Å². The molecular weight excluding hydrogens is 639 g/mol. The molecule has 7 rings (SSSR count). The highest BCUT2D eigenvalue weighted by Gasteiger charge is 2.36. The summed E-state index contributed by atoms with van der Waals surface area (Å²) in [6.45, 7) is 4.81. The topological polar surface area (TPSA) is 93.3 Å². The molecule has 0 saturated heterocycles. The number of esters is 1. The molecule has 10 heteroatoms. The Morgan fingerprint density at radius 3 is 2.49 bits per heavy atom. The molecule has 0 unspecified atom stereocenters. The lowest BCUT2D eigenvalue weighted by Crippen LogP contribution is -2.40. The number of hydrogen-bond acceptors (Lipinski definition) is 8. The van der Waals surface area contributed by atoms with Gasteiger partial charge in [0.05, 0.1) is 43.2 Å². The van der Waals surface area contributed by atoms with E-state index in [4.69, 9.17) is 23.9 Å². The molecule has 0 saturated carbocycles. The zero-order valence-electron chi connectivity index (χ0n) is 27.6. The Morgan fingerprint density at radius 1 is 0.939 bits per heavy atom. The molecule has 0 fully saturated rings. The molecule has 0 bridgehead atoms. The first-order valence-electron chi connectivity index (χ1n) is 16.0. The molecule has 49 heavy (non-hydrogen) atoms. The van der Waals surface area contributed by atoms with E-state index < -0.39 is 12.0 Å². The van der Waals surface area contributed by atoms with Gasteiger partial charge in [-0.1, -0.05) is 59.9 Å². The molecule has 0 amide bonds. The summed E-state index contributed by atoms with van der Waals surface area (Å²) in [7, 11) is 3.18. The van der Waals surface area contributed by atoms with Crippen molar-refractivity contribution in [2.24, 2.45) is 4.99 Å². The Labute approximate surface area is 286 Å². The number of thiazole rings is 1. The monoisotopic (exact) mass is 673 g/mol. The van der Waals surface area contributed by atoms with Gasteiger partial charge in [0.2, 0.25) is 0 Å². The number of ether oxygens (including phenoxy) is 4. The number of para-hydroxylation sites is 2. The van der Waals surface area contributed by atoms with Crippen molar-refractivity contribution in [3.63, 3.8) is 0 Å². The van der Waals surface area contributed by atoms with E-state index in [1.807, 2.05) is 91.1 Å². The van der Waals surface area contributed by atoms with Crippen molar-refractivity contribution in [3.8, 4) is 17.2 Å². The second-order valence-electron chi connectivity index (χ2n) is 11.5. The van der Waals surface area contributed by atoms with E-state index in [9.17, 15) is 9.59 Å². The van der Waals surface area contributed by atoms with E-state index >= 15 is 0 Å². The Morgan fingerprint density at radius 2 is 1.71 bits per heavy atom. The van der Waals surface area contributed by atoms with Gasteiger partial charge in [-0.25, -0.2) is 9.79 Å². The molecule has 9 nitrogen and oxygen atoms in total. The molecule has 1 aliphatic heterocycles. The number of rotatable bonds is 10. The predicted molar refractivity (Wildman–Crippen MR) is 191 cm³/mol. The first kappa shape index (κ1) is 32.0. The quantitative estimate of drug-likeness (QED) is 0.166. The molecule has 4 aromatic carbocycles. The SMILES string of the molecule is CCOC(=O)C1=C(C)N=c2s/c(=C\c3cn(CCOc4ccccc4)c4ccccc34)c(=O)n2[C@@H]1c1c(OC)ccc2ccc(OC)cc12. The van der Waals surface area contributed by atoms with Crippen LogP contribution in [0.3, 0.4) is 0 Å². The van der Waals surface area contributed by atoms with Crippen LogP contribution in [0.2, 0.25) is 0 Å². The van der Waals surface area contributed by atoms with Gasteiger partial charge in [0.15, 0.2) is 4.80 Å². The number of carbonyl (C=O) groups excluding carboxylic acids is 1. The van der Waals surface area contributed by atoms with Crippen LogP contribution in [0.4, 0.5) is 0 Å². The number of benzene rings is 4. The fraction of sp³-hybridized carbons (Fsp3) is 0.205. The first-order valence-corrected chi connectivity index (χ1v) is 16.8. The molecule has 0 spiro atoms. The van der Waals surface area contributed by atoms with Crippen LogP contribution in [0.25, 0.3) is 27.8 Å². The number of aromatic nitrogens is 2. The summed E-state index contributed by atoms with van der Waals surface area (Å²) in [5.41, 5.74) is 3.07. The highest BCUT2D eigenvalue weighted by molar-refractivity contribution is 7.07. The standard InChI is InChI=1S/C39H35N3O6S/c1-5-47-38(44)34-24(2)40-39-42(36(34)35-30-22-28(45-3)17-15-25(30)16-18-32(35)46-4)37(43)33(49-39)21-26-23-41(31-14-10-9-13-29(26)31)19-20-48-27-11-7-6-8-12-27/h6-18,21-23,36H,5,19-20H2,1-4H3/b33-21-/t36-/m0/s1. The van der Waals surface area contributed by atoms with E-state index in [-0.39, 0.29) is 17.7 Å². The summed E-state index contributed by atoms with van der Waals surface area (Å²) >= 11 is 1.29. The van der Waals surface area contributed by atoms with E-state index in [0.29, 0.717) is 45.2 Å². The summed E-state index contributed by atoms with van der Waals surface area (Å²) < 4.78 is 27.2. The van der Waals surface area contributed by atoms with Crippen molar-refractivity contribution >= 4 is 45.1 Å². The molecule has 0 N–H and O–H groups in total. The van der Waals surface area contributed by atoms with Crippen LogP contribution in [0, 0.1) is 0 Å². The van der Waals surface area contributed by atoms with Crippen LogP contribution in [0.1, 0.15) is 31.0 Å². The van der Waals surface area contributed by atoms with Crippen molar-refractivity contribution in [2.45, 2.75) is 26.4 Å². The lowest BCUT2D eigenvalue weighted by atomic mass is 9.90. The number of fused-ring (bicyclic) bond motifs is 3. The molecule has 1 atom stereocenters. The van der Waals surface area contributed by atoms with Crippen LogP contribution in [-0.4, -0.2) is 42.5 Å². The third kappa shape index (κ3) is 5.89. The predicted octanol–water partition coefficient (Wildman–Crippen LogP) is 6.00. The zero-order chi connectivity index (χ0) is 34.1. The maximum Gasteiger partial charge on any atom is 0.338 e. The molecule has 248 valence electrons. The van der Waals surface area contributed by atoms with Crippen LogP contribution < -0.4 is 29.1 Å². The summed E-state index contributed by atoms with van der Waals surface area (Å²) in [6, 6.07) is 26.5. The van der Waals surface area contributed by atoms with Gasteiger partial charge in [0.1, 0.15) is 29.9 Å². The zero-order valence-corrected chi connectivity index (χ0v) is 28.5. The summed E-state index contributed by atoms with van der Waals surface area (Å²) in [5.74, 6) is 1.44. The number of allylic oxidation sites excluding steroid dienone is 1. The van der Waals surface area contributed by atoms with Gasteiger partial charge >= 0.3 is 5.97 Å². The van der Waals surface area contributed by atoms with Crippen molar-refractivity contribution < 1.29 is 23.7 Å². The fourth-order valence-corrected chi connectivity index (χ4v) is 7.49. The second-order valence-corrected chi connectivity index (χ2v) is 12.5. The van der Waals surface area contributed by atoms with Gasteiger partial charge in [0, 0.05) is 28.2 Å². The number of methoxy groups -OCH3 is 2. The van der Waals surface area contributed by atoms with E-state index in [0.717, 1.165) is 33.0 Å². The number of carbonyl (C=O) groups is 1. The van der Waals surface area contributed by atoms with E-state index in [2.05, 4.69) is 10.6 Å². The summed E-state index contributed by atoms with van der Waals surface area (Å²) in [4.78, 5) is 33.5. The molecule has 6 aromatic rings. The molecular formula is C39H35N3O6S. The number of nitrogens with zero attached hydrogens (tertiary/aromatic N) is 3. The van der Waals surface area contributed by atoms with Gasteiger partial charge in [-0.05, 0) is 67.1 Å². The van der Waals surface area contributed by atoms with Gasteiger partial charge in [0.25, 0.3) is 5.56 Å². The smallest absolute Gasteiger partial charge is 0.338 e. The molecule has 0 radical (unpaired) electrons. The highest BCUT2D eigenvalue weighted by atomic mass is 32.1. The van der Waals surface area contributed by atoms with E-state index in [1.54, 1.807) is 32.6 Å².